The second-order valence-corrected chi connectivity index (χ2v) is 5.47. The van der Waals surface area contributed by atoms with Crippen molar-refractivity contribution >= 4 is 5.91 Å². The van der Waals surface area contributed by atoms with Crippen LogP contribution in [0.5, 0.6) is 5.75 Å². The highest BCUT2D eigenvalue weighted by Gasteiger charge is 2.31. The first kappa shape index (κ1) is 14.5. The maximum atomic E-state index is 12.8. The van der Waals surface area contributed by atoms with E-state index in [0.717, 1.165) is 30.8 Å². The van der Waals surface area contributed by atoms with Crippen molar-refractivity contribution in [2.75, 3.05) is 13.7 Å². The Morgan fingerprint density at radius 1 is 1.36 bits per heavy atom. The number of methoxy groups -OCH3 is 1. The van der Waals surface area contributed by atoms with Gasteiger partial charge in [0.05, 0.1) is 30.7 Å². The van der Waals surface area contributed by atoms with Crippen LogP contribution in [0.25, 0.3) is 0 Å². The predicted octanol–water partition coefficient (Wildman–Crippen LogP) is 2.77. The lowest BCUT2D eigenvalue weighted by atomic mass is 10.1. The monoisotopic (exact) mass is 297 g/mol. The van der Waals surface area contributed by atoms with Crippen molar-refractivity contribution < 1.29 is 9.53 Å². The molecule has 0 spiro atoms. The van der Waals surface area contributed by atoms with Gasteiger partial charge < -0.3 is 9.64 Å². The zero-order valence-corrected chi connectivity index (χ0v) is 12.8. The second kappa shape index (κ2) is 6.13. The van der Waals surface area contributed by atoms with Crippen molar-refractivity contribution in [2.45, 2.75) is 25.8 Å². The van der Waals surface area contributed by atoms with Gasteiger partial charge in [-0.05, 0) is 38.0 Å². The van der Waals surface area contributed by atoms with E-state index in [1.165, 1.54) is 0 Å². The molecule has 0 saturated carbocycles. The average Bonchev–Trinajstić information content (AvgIpc) is 3.04. The molecule has 1 aliphatic rings. The van der Waals surface area contributed by atoms with E-state index in [1.807, 2.05) is 30.0 Å². The Balaban J connectivity index is 1.87. The van der Waals surface area contributed by atoms with Gasteiger partial charge in [0.2, 0.25) is 0 Å². The normalized spacial score (nSPS) is 17.5. The fourth-order valence-electron chi connectivity index (χ4n) is 2.88. The molecule has 0 radical (unpaired) electrons. The Bertz CT molecular complexity index is 687. The fraction of sp³-hybridized carbons (Fsp3) is 0.353. The highest BCUT2D eigenvalue weighted by atomic mass is 16.5. The fourth-order valence-corrected chi connectivity index (χ4v) is 2.88. The summed E-state index contributed by atoms with van der Waals surface area (Å²) in [5.41, 5.74) is 2.39. The lowest BCUT2D eigenvalue weighted by Gasteiger charge is -2.24. The van der Waals surface area contributed by atoms with E-state index < -0.39 is 0 Å². The summed E-state index contributed by atoms with van der Waals surface area (Å²) < 4.78 is 5.20. The van der Waals surface area contributed by atoms with E-state index in [4.69, 9.17) is 4.74 Å². The molecule has 3 rings (SSSR count). The number of ether oxygens (including phenoxy) is 1. The van der Waals surface area contributed by atoms with Gasteiger partial charge in [0, 0.05) is 18.3 Å². The van der Waals surface area contributed by atoms with Crippen LogP contribution >= 0.6 is 0 Å². The van der Waals surface area contributed by atoms with Crippen LogP contribution in [-0.4, -0.2) is 34.4 Å². The van der Waals surface area contributed by atoms with Gasteiger partial charge in [-0.1, -0.05) is 6.07 Å². The number of carbonyl (C=O) groups excluding carboxylic acids is 1. The number of likely N-dealkylation sites (tertiary alicyclic amines) is 1. The average molecular weight is 297 g/mol. The highest BCUT2D eigenvalue weighted by Crippen LogP contribution is 2.32. The third kappa shape index (κ3) is 2.79. The number of nitrogens with zero attached hydrogens (tertiary/aromatic N) is 3. The van der Waals surface area contributed by atoms with Gasteiger partial charge >= 0.3 is 0 Å². The largest absolute Gasteiger partial charge is 0.497 e. The molecule has 2 aromatic rings. The summed E-state index contributed by atoms with van der Waals surface area (Å²) in [5.74, 6) is 0.710. The molecule has 0 aliphatic carbocycles. The SMILES string of the molecule is COc1cccc(C(=O)N2CCC[C@@H]2c2cncc(C)n2)c1. The Labute approximate surface area is 130 Å². The van der Waals surface area contributed by atoms with E-state index in [2.05, 4.69) is 9.97 Å². The van der Waals surface area contributed by atoms with Crippen LogP contribution in [0.3, 0.4) is 0 Å². The molecule has 5 heteroatoms. The summed E-state index contributed by atoms with van der Waals surface area (Å²) in [7, 11) is 1.60. The van der Waals surface area contributed by atoms with E-state index in [-0.39, 0.29) is 11.9 Å². The highest BCUT2D eigenvalue weighted by molar-refractivity contribution is 5.95. The number of amides is 1. The van der Waals surface area contributed by atoms with Crippen LogP contribution in [-0.2, 0) is 0 Å². The molecule has 2 heterocycles. The third-order valence-electron chi connectivity index (χ3n) is 3.95. The zero-order chi connectivity index (χ0) is 15.5. The van der Waals surface area contributed by atoms with Gasteiger partial charge in [0.15, 0.2) is 0 Å². The standard InChI is InChI=1S/C17H19N3O2/c1-12-10-18-11-15(19-12)16-7-4-8-20(16)17(21)13-5-3-6-14(9-13)22-2/h3,5-6,9-11,16H,4,7-8H2,1-2H3/t16-/m1/s1. The molecule has 1 saturated heterocycles. The molecular formula is C17H19N3O2. The molecule has 0 bridgehead atoms. The van der Waals surface area contributed by atoms with Gasteiger partial charge in [-0.2, -0.15) is 0 Å². The van der Waals surface area contributed by atoms with Gasteiger partial charge in [0.25, 0.3) is 5.91 Å². The maximum Gasteiger partial charge on any atom is 0.254 e. The number of aryl methyl sites for hydroxylation is 1. The minimum absolute atomic E-state index is 0.00565. The van der Waals surface area contributed by atoms with E-state index >= 15 is 0 Å². The molecular weight excluding hydrogens is 278 g/mol. The van der Waals surface area contributed by atoms with Crippen LogP contribution in [0.1, 0.15) is 40.6 Å². The number of rotatable bonds is 3. The zero-order valence-electron chi connectivity index (χ0n) is 12.8. The summed E-state index contributed by atoms with van der Waals surface area (Å²) in [5, 5.41) is 0. The summed E-state index contributed by atoms with van der Waals surface area (Å²) >= 11 is 0. The first-order chi connectivity index (χ1) is 10.7. The minimum atomic E-state index is 0.00565. The Kier molecular flexibility index (Phi) is 4.04. The van der Waals surface area contributed by atoms with Crippen LogP contribution in [0.15, 0.2) is 36.7 Å². The lowest BCUT2D eigenvalue weighted by molar-refractivity contribution is 0.0732. The van der Waals surface area contributed by atoms with Gasteiger partial charge in [-0.3, -0.25) is 14.8 Å². The number of hydrogen-bond donors (Lipinski definition) is 0. The molecule has 114 valence electrons. The van der Waals surface area contributed by atoms with Gasteiger partial charge in [-0.25, -0.2) is 0 Å². The van der Waals surface area contributed by atoms with Crippen molar-refractivity contribution in [3.05, 3.63) is 53.6 Å². The first-order valence-corrected chi connectivity index (χ1v) is 7.42. The Morgan fingerprint density at radius 3 is 3.00 bits per heavy atom. The summed E-state index contributed by atoms with van der Waals surface area (Å²) in [4.78, 5) is 23.4. The number of aromatic nitrogens is 2. The van der Waals surface area contributed by atoms with Crippen molar-refractivity contribution in [1.82, 2.24) is 14.9 Å². The predicted molar refractivity (Wildman–Crippen MR) is 82.8 cm³/mol. The number of benzene rings is 1. The van der Waals surface area contributed by atoms with E-state index in [0.29, 0.717) is 11.3 Å². The summed E-state index contributed by atoms with van der Waals surface area (Å²) in [6, 6.07) is 7.28. The van der Waals surface area contributed by atoms with Crippen molar-refractivity contribution in [3.63, 3.8) is 0 Å². The minimum Gasteiger partial charge on any atom is -0.497 e. The van der Waals surface area contributed by atoms with E-state index in [9.17, 15) is 4.79 Å². The molecule has 0 N–H and O–H groups in total. The second-order valence-electron chi connectivity index (χ2n) is 5.47. The summed E-state index contributed by atoms with van der Waals surface area (Å²) in [6.07, 6.45) is 5.39. The third-order valence-corrected chi connectivity index (χ3v) is 3.95. The van der Waals surface area contributed by atoms with Crippen molar-refractivity contribution in [2.24, 2.45) is 0 Å². The van der Waals surface area contributed by atoms with Crippen molar-refractivity contribution in [3.8, 4) is 5.75 Å². The molecule has 0 unspecified atom stereocenters. The molecule has 1 aromatic heterocycles. The van der Waals surface area contributed by atoms with Crippen LogP contribution < -0.4 is 4.74 Å². The lowest BCUT2D eigenvalue weighted by Crippen LogP contribution is -2.31. The Hall–Kier alpha value is -2.43. The van der Waals surface area contributed by atoms with Crippen LogP contribution in [0.2, 0.25) is 0 Å². The topological polar surface area (TPSA) is 55.3 Å². The molecule has 22 heavy (non-hydrogen) atoms. The summed E-state index contributed by atoms with van der Waals surface area (Å²) in [6.45, 7) is 2.66. The van der Waals surface area contributed by atoms with E-state index in [1.54, 1.807) is 25.6 Å². The first-order valence-electron chi connectivity index (χ1n) is 7.42. The van der Waals surface area contributed by atoms with Gasteiger partial charge in [0.1, 0.15) is 5.75 Å². The van der Waals surface area contributed by atoms with Crippen LogP contribution in [0.4, 0.5) is 0 Å². The molecule has 1 atom stereocenters. The van der Waals surface area contributed by atoms with Crippen LogP contribution in [0, 0.1) is 6.92 Å². The number of carbonyl (C=O) groups is 1. The Morgan fingerprint density at radius 2 is 2.23 bits per heavy atom. The molecule has 5 nitrogen and oxygen atoms in total. The quantitative estimate of drug-likeness (QED) is 0.874. The van der Waals surface area contributed by atoms with Crippen molar-refractivity contribution in [1.29, 1.82) is 0 Å². The number of hydrogen-bond acceptors (Lipinski definition) is 4. The molecule has 1 amide bonds. The molecule has 1 aromatic carbocycles. The molecule has 1 fully saturated rings. The molecule has 1 aliphatic heterocycles. The maximum absolute atomic E-state index is 12.8. The van der Waals surface area contributed by atoms with Gasteiger partial charge in [-0.15, -0.1) is 0 Å². The smallest absolute Gasteiger partial charge is 0.254 e.